The third-order valence-corrected chi connectivity index (χ3v) is 4.24. The Balaban J connectivity index is 2.00. The number of aryl methyl sites for hydroxylation is 1. The van der Waals surface area contributed by atoms with E-state index in [1.165, 1.54) is 24.3 Å². The fraction of sp³-hybridized carbons (Fsp3) is 0.111. The highest BCUT2D eigenvalue weighted by atomic mass is 19.4. The van der Waals surface area contributed by atoms with Crippen molar-refractivity contribution in [1.82, 2.24) is 14.3 Å². The first-order chi connectivity index (χ1) is 12.3. The molecule has 0 fully saturated rings. The zero-order chi connectivity index (χ0) is 18.6. The Bertz CT molecular complexity index is 1150. The molecule has 2 aromatic heterocycles. The van der Waals surface area contributed by atoms with Gasteiger partial charge in [0.25, 0.3) is 0 Å². The Kier molecular flexibility index (Phi) is 3.33. The highest BCUT2D eigenvalue weighted by molar-refractivity contribution is 6.09. The van der Waals surface area contributed by atoms with E-state index in [1.54, 1.807) is 28.6 Å². The number of nitrogens with zero attached hydrogens (tertiary/aromatic N) is 3. The molecular weight excluding hydrogens is 347 g/mol. The van der Waals surface area contributed by atoms with Crippen LogP contribution in [0.25, 0.3) is 27.6 Å². The third kappa shape index (κ3) is 2.42. The minimum Gasteiger partial charge on any atom is -0.478 e. The quantitative estimate of drug-likeness (QED) is 0.583. The number of alkyl halides is 3. The molecule has 4 aromatic rings. The van der Waals surface area contributed by atoms with Crippen LogP contribution in [0.3, 0.4) is 0 Å². The summed E-state index contributed by atoms with van der Waals surface area (Å²) in [5, 5.41) is 14.2. The van der Waals surface area contributed by atoms with Gasteiger partial charge in [-0.3, -0.25) is 4.68 Å². The number of halogens is 3. The lowest BCUT2D eigenvalue weighted by atomic mass is 10.1. The van der Waals surface area contributed by atoms with Gasteiger partial charge in [0.05, 0.1) is 22.2 Å². The molecule has 0 aliphatic heterocycles. The second-order valence-electron chi connectivity index (χ2n) is 5.95. The van der Waals surface area contributed by atoms with Gasteiger partial charge in [0.15, 0.2) is 0 Å². The summed E-state index contributed by atoms with van der Waals surface area (Å²) < 4.78 is 41.8. The Morgan fingerprint density at radius 3 is 2.38 bits per heavy atom. The monoisotopic (exact) mass is 359 g/mol. The molecule has 5 nitrogen and oxygen atoms in total. The van der Waals surface area contributed by atoms with Crippen molar-refractivity contribution in [3.63, 3.8) is 0 Å². The van der Waals surface area contributed by atoms with Crippen molar-refractivity contribution in [2.75, 3.05) is 0 Å². The number of carboxylic acids is 1. The highest BCUT2D eigenvalue weighted by Crippen LogP contribution is 2.34. The molecule has 0 atom stereocenters. The number of fused-ring (bicyclic) bond motifs is 3. The number of rotatable bonds is 2. The van der Waals surface area contributed by atoms with Crippen LogP contribution in [-0.2, 0) is 13.2 Å². The number of aromatic nitrogens is 3. The molecule has 8 heteroatoms. The summed E-state index contributed by atoms with van der Waals surface area (Å²) in [7, 11) is 1.73. The van der Waals surface area contributed by atoms with Crippen molar-refractivity contribution in [2.45, 2.75) is 6.18 Å². The zero-order valence-electron chi connectivity index (χ0n) is 13.4. The van der Waals surface area contributed by atoms with E-state index in [4.69, 9.17) is 0 Å². The largest absolute Gasteiger partial charge is 0.478 e. The van der Waals surface area contributed by atoms with Gasteiger partial charge in [-0.15, -0.1) is 0 Å². The lowest BCUT2D eigenvalue weighted by Crippen LogP contribution is -2.05. The first-order valence-corrected chi connectivity index (χ1v) is 7.64. The van der Waals surface area contributed by atoms with Crippen molar-refractivity contribution < 1.29 is 23.1 Å². The van der Waals surface area contributed by atoms with Gasteiger partial charge in [0, 0.05) is 24.3 Å². The maximum atomic E-state index is 12.8. The van der Waals surface area contributed by atoms with Crippen LogP contribution >= 0.6 is 0 Å². The standard InChI is InChI=1S/C18H12F3N3O2/c1-23-9-15-16(22-23)13-8-10(17(25)26)2-7-14(13)24(15)12-5-3-11(4-6-12)18(19,20)21/h2-9H,1H3,(H,25,26). The van der Waals surface area contributed by atoms with Crippen molar-refractivity contribution in [3.8, 4) is 5.69 Å². The molecule has 26 heavy (non-hydrogen) atoms. The highest BCUT2D eigenvalue weighted by Gasteiger charge is 2.30. The molecule has 0 bridgehead atoms. The number of benzene rings is 2. The normalized spacial score (nSPS) is 12.2. The number of hydrogen-bond acceptors (Lipinski definition) is 2. The fourth-order valence-corrected chi connectivity index (χ4v) is 3.09. The van der Waals surface area contributed by atoms with Crippen LogP contribution in [-0.4, -0.2) is 25.4 Å². The van der Waals surface area contributed by atoms with Gasteiger partial charge in [-0.25, -0.2) is 4.79 Å². The lowest BCUT2D eigenvalue weighted by Gasteiger charge is -2.10. The van der Waals surface area contributed by atoms with E-state index < -0.39 is 17.7 Å². The minimum absolute atomic E-state index is 0.120. The van der Waals surface area contributed by atoms with Gasteiger partial charge < -0.3 is 9.67 Å². The smallest absolute Gasteiger partial charge is 0.416 e. The summed E-state index contributed by atoms with van der Waals surface area (Å²) in [5.74, 6) is -1.06. The second-order valence-corrected chi connectivity index (χ2v) is 5.95. The van der Waals surface area contributed by atoms with E-state index in [9.17, 15) is 23.1 Å². The first-order valence-electron chi connectivity index (χ1n) is 7.64. The molecule has 0 saturated carbocycles. The van der Waals surface area contributed by atoms with Gasteiger partial charge in [-0.2, -0.15) is 18.3 Å². The molecule has 0 unspecified atom stereocenters. The van der Waals surface area contributed by atoms with E-state index in [1.807, 2.05) is 0 Å². The van der Waals surface area contributed by atoms with Crippen LogP contribution in [0.4, 0.5) is 13.2 Å². The molecule has 0 radical (unpaired) electrons. The van der Waals surface area contributed by atoms with Gasteiger partial charge >= 0.3 is 12.1 Å². The predicted octanol–water partition coefficient (Wildman–Crippen LogP) is 4.23. The molecule has 1 N–H and O–H groups in total. The van der Waals surface area contributed by atoms with Crippen LogP contribution in [0, 0.1) is 0 Å². The molecule has 0 saturated heterocycles. The Morgan fingerprint density at radius 1 is 1.08 bits per heavy atom. The molecule has 132 valence electrons. The maximum absolute atomic E-state index is 12.8. The number of aromatic carboxylic acids is 1. The predicted molar refractivity (Wildman–Crippen MR) is 89.5 cm³/mol. The summed E-state index contributed by atoms with van der Waals surface area (Å²) in [6, 6.07) is 9.44. The Labute approximate surface area is 144 Å². The maximum Gasteiger partial charge on any atom is 0.416 e. The molecule has 0 aliphatic rings. The van der Waals surface area contributed by atoms with Crippen LogP contribution in [0.5, 0.6) is 0 Å². The van der Waals surface area contributed by atoms with E-state index in [-0.39, 0.29) is 5.56 Å². The topological polar surface area (TPSA) is 60.1 Å². The number of hydrogen-bond donors (Lipinski definition) is 1. The third-order valence-electron chi connectivity index (χ3n) is 4.24. The summed E-state index contributed by atoms with van der Waals surface area (Å²) in [5.41, 5.74) is 1.88. The second kappa shape index (κ2) is 5.35. The van der Waals surface area contributed by atoms with E-state index in [2.05, 4.69) is 5.10 Å². The van der Waals surface area contributed by atoms with Gasteiger partial charge in [-0.05, 0) is 42.5 Å². The molecule has 0 aliphatic carbocycles. The lowest BCUT2D eigenvalue weighted by molar-refractivity contribution is -0.137. The SMILES string of the molecule is Cn1cc2c(n1)c1cc(C(=O)O)ccc1n2-c1ccc(C(F)(F)F)cc1. The van der Waals surface area contributed by atoms with Crippen LogP contribution in [0.2, 0.25) is 0 Å². The van der Waals surface area contributed by atoms with Crippen molar-refractivity contribution in [1.29, 1.82) is 0 Å². The first kappa shape index (κ1) is 16.2. The zero-order valence-corrected chi connectivity index (χ0v) is 13.4. The van der Waals surface area contributed by atoms with E-state index in [0.717, 1.165) is 12.1 Å². The van der Waals surface area contributed by atoms with Crippen molar-refractivity contribution in [2.24, 2.45) is 7.05 Å². The van der Waals surface area contributed by atoms with E-state index >= 15 is 0 Å². The number of carbonyl (C=O) groups is 1. The average molecular weight is 359 g/mol. The Hall–Kier alpha value is -3.29. The molecule has 0 amide bonds. The number of carboxylic acid groups (broad SMARTS) is 1. The van der Waals surface area contributed by atoms with Crippen molar-refractivity contribution >= 4 is 27.9 Å². The van der Waals surface area contributed by atoms with Crippen LogP contribution in [0.15, 0.2) is 48.7 Å². The molecule has 2 aromatic carbocycles. The Morgan fingerprint density at radius 2 is 1.77 bits per heavy atom. The van der Waals surface area contributed by atoms with Gasteiger partial charge in [0.2, 0.25) is 0 Å². The minimum atomic E-state index is -4.41. The summed E-state index contributed by atoms with van der Waals surface area (Å²) in [6.45, 7) is 0. The fourth-order valence-electron chi connectivity index (χ4n) is 3.09. The van der Waals surface area contributed by atoms with Crippen molar-refractivity contribution in [3.05, 3.63) is 59.8 Å². The molecular formula is C18H12F3N3O2. The van der Waals surface area contributed by atoms with Crippen LogP contribution < -0.4 is 0 Å². The summed E-state index contributed by atoms with van der Waals surface area (Å²) in [4.78, 5) is 11.3. The van der Waals surface area contributed by atoms with Crippen LogP contribution in [0.1, 0.15) is 15.9 Å². The summed E-state index contributed by atoms with van der Waals surface area (Å²) >= 11 is 0. The van der Waals surface area contributed by atoms with Gasteiger partial charge in [0.1, 0.15) is 5.52 Å². The average Bonchev–Trinajstić information content (AvgIpc) is 3.08. The van der Waals surface area contributed by atoms with E-state index in [0.29, 0.717) is 27.6 Å². The molecule has 4 rings (SSSR count). The summed E-state index contributed by atoms with van der Waals surface area (Å²) in [6.07, 6.45) is -2.66. The molecule has 0 spiro atoms. The van der Waals surface area contributed by atoms with Gasteiger partial charge in [-0.1, -0.05) is 0 Å². The molecule has 2 heterocycles.